The van der Waals surface area contributed by atoms with Gasteiger partial charge in [0.25, 0.3) is 5.91 Å². The van der Waals surface area contributed by atoms with Crippen molar-refractivity contribution in [1.29, 1.82) is 0 Å². The van der Waals surface area contributed by atoms with Crippen LogP contribution in [0.1, 0.15) is 60.9 Å². The van der Waals surface area contributed by atoms with Crippen LogP contribution in [0.15, 0.2) is 42.5 Å². The first-order chi connectivity index (χ1) is 13.1. The van der Waals surface area contributed by atoms with Gasteiger partial charge < -0.3 is 15.4 Å². The zero-order chi connectivity index (χ0) is 19.2. The molecule has 0 atom stereocenters. The van der Waals surface area contributed by atoms with Crippen LogP contribution in [0.4, 0.5) is 11.4 Å². The highest BCUT2D eigenvalue weighted by atomic mass is 16.5. The average molecular weight is 366 g/mol. The number of hydrogen-bond donors (Lipinski definition) is 2. The molecule has 3 rings (SSSR count). The molecule has 0 saturated heterocycles. The number of hydrogen-bond acceptors (Lipinski definition) is 3. The van der Waals surface area contributed by atoms with Crippen molar-refractivity contribution in [3.05, 3.63) is 53.6 Å². The fourth-order valence-electron chi connectivity index (χ4n) is 3.62. The van der Waals surface area contributed by atoms with Crippen molar-refractivity contribution in [3.8, 4) is 5.75 Å². The van der Waals surface area contributed by atoms with E-state index in [1.807, 2.05) is 12.1 Å². The van der Waals surface area contributed by atoms with Crippen LogP contribution >= 0.6 is 0 Å². The van der Waals surface area contributed by atoms with Crippen molar-refractivity contribution < 1.29 is 14.3 Å². The van der Waals surface area contributed by atoms with Crippen LogP contribution in [0.2, 0.25) is 0 Å². The molecule has 2 aromatic rings. The van der Waals surface area contributed by atoms with Crippen molar-refractivity contribution in [2.24, 2.45) is 0 Å². The first-order valence-corrected chi connectivity index (χ1v) is 9.44. The summed E-state index contributed by atoms with van der Waals surface area (Å²) in [6.07, 6.45) is 6.38. The Hall–Kier alpha value is -2.82. The number of carbonyl (C=O) groups is 2. The predicted octanol–water partition coefficient (Wildman–Crippen LogP) is 4.95. The van der Waals surface area contributed by atoms with Crippen LogP contribution < -0.4 is 15.4 Å². The molecule has 0 bridgehead atoms. The van der Waals surface area contributed by atoms with Gasteiger partial charge in [0.2, 0.25) is 5.91 Å². The van der Waals surface area contributed by atoms with E-state index in [2.05, 4.69) is 22.8 Å². The van der Waals surface area contributed by atoms with E-state index in [0.717, 1.165) is 0 Å². The molecule has 1 aliphatic rings. The van der Waals surface area contributed by atoms with Gasteiger partial charge in [-0.15, -0.1) is 0 Å². The van der Waals surface area contributed by atoms with Gasteiger partial charge in [0.15, 0.2) is 0 Å². The maximum atomic E-state index is 12.6. The second kappa shape index (κ2) is 8.71. The van der Waals surface area contributed by atoms with Gasteiger partial charge in [-0.3, -0.25) is 9.59 Å². The molecule has 2 N–H and O–H groups in total. The first-order valence-electron chi connectivity index (χ1n) is 9.44. The Morgan fingerprint density at radius 3 is 2.30 bits per heavy atom. The zero-order valence-corrected chi connectivity index (χ0v) is 15.9. The number of ether oxygens (including phenoxy) is 1. The highest BCUT2D eigenvalue weighted by molar-refractivity contribution is 6.05. The molecule has 0 heterocycles. The second-order valence-corrected chi connectivity index (χ2v) is 7.01. The molecule has 2 amide bonds. The maximum Gasteiger partial charge on any atom is 0.255 e. The van der Waals surface area contributed by atoms with Crippen molar-refractivity contribution in [3.63, 3.8) is 0 Å². The molecule has 0 aromatic heterocycles. The van der Waals surface area contributed by atoms with Gasteiger partial charge in [-0.05, 0) is 54.7 Å². The minimum Gasteiger partial charge on any atom is -0.495 e. The Balaban J connectivity index is 1.73. The minimum absolute atomic E-state index is 0.171. The number of amides is 2. The third-order valence-corrected chi connectivity index (χ3v) is 5.02. The molecule has 0 radical (unpaired) electrons. The lowest BCUT2D eigenvalue weighted by molar-refractivity contribution is -0.114. The molecule has 0 aliphatic heterocycles. The summed E-state index contributed by atoms with van der Waals surface area (Å²) in [6, 6.07) is 13.0. The van der Waals surface area contributed by atoms with Gasteiger partial charge in [0, 0.05) is 18.2 Å². The molecule has 1 saturated carbocycles. The van der Waals surface area contributed by atoms with E-state index in [4.69, 9.17) is 4.74 Å². The number of nitrogens with one attached hydrogen (secondary N) is 2. The van der Waals surface area contributed by atoms with Gasteiger partial charge in [0.05, 0.1) is 12.8 Å². The molecule has 2 aromatic carbocycles. The monoisotopic (exact) mass is 366 g/mol. The Kier molecular flexibility index (Phi) is 6.12. The van der Waals surface area contributed by atoms with Gasteiger partial charge in [-0.2, -0.15) is 0 Å². The van der Waals surface area contributed by atoms with Crippen LogP contribution in [0.3, 0.4) is 0 Å². The van der Waals surface area contributed by atoms with E-state index in [0.29, 0.717) is 28.6 Å². The standard InChI is InChI=1S/C22H26N2O3/c1-15(25)23-19-12-13-21(27-2)20(14-19)24-22(26)18-10-8-17(9-11-18)16-6-4-3-5-7-16/h8-14,16H,3-7H2,1-2H3,(H,23,25)(H,24,26). The van der Waals surface area contributed by atoms with Crippen molar-refractivity contribution >= 4 is 23.2 Å². The smallest absolute Gasteiger partial charge is 0.255 e. The number of rotatable bonds is 5. The first kappa shape index (κ1) is 19.0. The lowest BCUT2D eigenvalue weighted by Gasteiger charge is -2.22. The fourth-order valence-corrected chi connectivity index (χ4v) is 3.62. The van der Waals surface area contributed by atoms with E-state index in [-0.39, 0.29) is 11.8 Å². The largest absolute Gasteiger partial charge is 0.495 e. The topological polar surface area (TPSA) is 67.4 Å². The molecular weight excluding hydrogens is 340 g/mol. The second-order valence-electron chi connectivity index (χ2n) is 7.01. The number of anilines is 2. The Bertz CT molecular complexity index is 809. The molecule has 5 nitrogen and oxygen atoms in total. The van der Waals surface area contributed by atoms with Crippen molar-refractivity contribution in [2.45, 2.75) is 44.9 Å². The summed E-state index contributed by atoms with van der Waals surface area (Å²) in [5.41, 5.74) is 3.04. The van der Waals surface area contributed by atoms with Gasteiger partial charge >= 0.3 is 0 Å². The lowest BCUT2D eigenvalue weighted by Crippen LogP contribution is -2.14. The highest BCUT2D eigenvalue weighted by Gasteiger charge is 2.16. The highest BCUT2D eigenvalue weighted by Crippen LogP contribution is 2.33. The van der Waals surface area contributed by atoms with Crippen LogP contribution in [0.5, 0.6) is 5.75 Å². The van der Waals surface area contributed by atoms with Crippen molar-refractivity contribution in [1.82, 2.24) is 0 Å². The quantitative estimate of drug-likeness (QED) is 0.786. The molecule has 0 unspecified atom stereocenters. The number of carbonyl (C=O) groups excluding carboxylic acids is 2. The summed E-state index contributed by atoms with van der Waals surface area (Å²) in [6.45, 7) is 1.44. The van der Waals surface area contributed by atoms with E-state index in [1.165, 1.54) is 44.6 Å². The third kappa shape index (κ3) is 4.88. The summed E-state index contributed by atoms with van der Waals surface area (Å²) in [7, 11) is 1.54. The third-order valence-electron chi connectivity index (χ3n) is 5.02. The molecule has 142 valence electrons. The maximum absolute atomic E-state index is 12.6. The Labute approximate surface area is 160 Å². The lowest BCUT2D eigenvalue weighted by atomic mass is 9.84. The molecule has 27 heavy (non-hydrogen) atoms. The summed E-state index contributed by atoms with van der Waals surface area (Å²) >= 11 is 0. The van der Waals surface area contributed by atoms with E-state index >= 15 is 0 Å². The Morgan fingerprint density at radius 2 is 1.67 bits per heavy atom. The van der Waals surface area contributed by atoms with Gasteiger partial charge in [0.1, 0.15) is 5.75 Å². The fraction of sp³-hybridized carbons (Fsp3) is 0.364. The summed E-state index contributed by atoms with van der Waals surface area (Å²) in [5.74, 6) is 0.779. The summed E-state index contributed by atoms with van der Waals surface area (Å²) < 4.78 is 5.31. The van der Waals surface area contributed by atoms with Crippen molar-refractivity contribution in [2.75, 3.05) is 17.7 Å². The van der Waals surface area contributed by atoms with Gasteiger partial charge in [-0.1, -0.05) is 31.4 Å². The summed E-state index contributed by atoms with van der Waals surface area (Å²) in [4.78, 5) is 23.9. The molecule has 1 aliphatic carbocycles. The van der Waals surface area contributed by atoms with E-state index < -0.39 is 0 Å². The number of benzene rings is 2. The van der Waals surface area contributed by atoms with Crippen LogP contribution in [-0.2, 0) is 4.79 Å². The van der Waals surface area contributed by atoms with Crippen LogP contribution in [0, 0.1) is 0 Å². The van der Waals surface area contributed by atoms with Crippen LogP contribution in [0.25, 0.3) is 0 Å². The predicted molar refractivity (Wildman–Crippen MR) is 108 cm³/mol. The normalized spacial score (nSPS) is 14.4. The van der Waals surface area contributed by atoms with Crippen LogP contribution in [-0.4, -0.2) is 18.9 Å². The molecule has 0 spiro atoms. The molecular formula is C22H26N2O3. The zero-order valence-electron chi connectivity index (χ0n) is 15.9. The van der Waals surface area contributed by atoms with E-state index in [9.17, 15) is 9.59 Å². The average Bonchev–Trinajstić information content (AvgIpc) is 2.68. The van der Waals surface area contributed by atoms with E-state index in [1.54, 1.807) is 25.3 Å². The SMILES string of the molecule is COc1ccc(NC(C)=O)cc1NC(=O)c1ccc(C2CCCCC2)cc1. The minimum atomic E-state index is -0.205. The number of methoxy groups -OCH3 is 1. The molecule has 1 fully saturated rings. The van der Waals surface area contributed by atoms with Gasteiger partial charge in [-0.25, -0.2) is 0 Å². The Morgan fingerprint density at radius 1 is 0.963 bits per heavy atom. The summed E-state index contributed by atoms with van der Waals surface area (Å²) in [5, 5.41) is 5.58. The molecule has 5 heteroatoms.